The van der Waals surface area contributed by atoms with E-state index in [1.807, 2.05) is 0 Å². The van der Waals surface area contributed by atoms with Crippen molar-refractivity contribution in [1.29, 1.82) is 0 Å². The van der Waals surface area contributed by atoms with Crippen molar-refractivity contribution in [1.82, 2.24) is 5.32 Å². The molecule has 0 spiro atoms. The summed E-state index contributed by atoms with van der Waals surface area (Å²) < 4.78 is 12.8. The maximum absolute atomic E-state index is 12.8. The smallest absolute Gasteiger partial charge is 0.251 e. The average molecular weight is 319 g/mol. The lowest BCUT2D eigenvalue weighted by Crippen LogP contribution is -2.32. The van der Waals surface area contributed by atoms with Crippen LogP contribution in [-0.2, 0) is 4.79 Å². The molecule has 2 rings (SSSR count). The molecule has 0 aliphatic heterocycles. The molecule has 0 aromatic heterocycles. The number of rotatable bonds is 5. The third kappa shape index (κ3) is 4.57. The van der Waals surface area contributed by atoms with E-state index in [0.29, 0.717) is 11.3 Å². The molecule has 114 valence electrons. The first-order valence-corrected chi connectivity index (χ1v) is 7.27. The molecule has 0 heterocycles. The van der Waals surface area contributed by atoms with Crippen molar-refractivity contribution in [2.75, 3.05) is 11.9 Å². The maximum atomic E-state index is 12.8. The number of hydrogen-bond donors (Lipinski definition) is 3. The number of anilines is 1. The zero-order valence-electron chi connectivity index (χ0n) is 11.5. The number of amides is 2. The monoisotopic (exact) mass is 319 g/mol. The van der Waals surface area contributed by atoms with Gasteiger partial charge in [0.2, 0.25) is 5.91 Å². The first-order valence-electron chi connectivity index (χ1n) is 6.39. The number of carbonyl (C=O) groups excluding carboxylic acids is 2. The maximum Gasteiger partial charge on any atom is 0.251 e. The number of benzene rings is 2. The molecule has 2 amide bonds. The first-order chi connectivity index (χ1) is 10.6. The summed E-state index contributed by atoms with van der Waals surface area (Å²) in [4.78, 5) is 24.4. The number of hydrogen-bond acceptors (Lipinski definition) is 4. The van der Waals surface area contributed by atoms with Gasteiger partial charge in [0, 0.05) is 16.1 Å². The molecule has 0 radical (unpaired) electrons. The lowest BCUT2D eigenvalue weighted by molar-refractivity contribution is -0.115. The van der Waals surface area contributed by atoms with Crippen LogP contribution < -0.4 is 15.8 Å². The van der Waals surface area contributed by atoms with Crippen molar-refractivity contribution < 1.29 is 14.0 Å². The van der Waals surface area contributed by atoms with Crippen molar-refractivity contribution in [3.05, 3.63) is 59.9 Å². The van der Waals surface area contributed by atoms with Gasteiger partial charge in [-0.25, -0.2) is 4.39 Å². The van der Waals surface area contributed by atoms with Crippen LogP contribution in [0.5, 0.6) is 0 Å². The van der Waals surface area contributed by atoms with E-state index in [2.05, 4.69) is 10.6 Å². The van der Waals surface area contributed by atoms with Crippen LogP contribution in [0.1, 0.15) is 10.4 Å². The summed E-state index contributed by atoms with van der Waals surface area (Å²) in [5, 5.41) is 10.5. The fraction of sp³-hybridized carbons (Fsp3) is 0.0667. The Balaban J connectivity index is 1.84. The van der Waals surface area contributed by atoms with Crippen LogP contribution >= 0.6 is 11.9 Å². The second kappa shape index (κ2) is 7.58. The molecule has 2 aromatic carbocycles. The fourth-order valence-electron chi connectivity index (χ4n) is 1.69. The van der Waals surface area contributed by atoms with E-state index in [0.717, 1.165) is 16.8 Å². The van der Waals surface area contributed by atoms with Gasteiger partial charge in [0.05, 0.1) is 6.54 Å². The summed E-state index contributed by atoms with van der Waals surface area (Å²) >= 11 is 1.11. The predicted octanol–water partition coefficient (Wildman–Crippen LogP) is 2.16. The van der Waals surface area contributed by atoms with Crippen LogP contribution in [0.4, 0.5) is 10.1 Å². The molecule has 0 bridgehead atoms. The molecule has 0 aliphatic carbocycles. The summed E-state index contributed by atoms with van der Waals surface area (Å²) in [5.74, 6) is -1.22. The number of carbonyl (C=O) groups is 2. The van der Waals surface area contributed by atoms with Gasteiger partial charge >= 0.3 is 0 Å². The van der Waals surface area contributed by atoms with E-state index in [-0.39, 0.29) is 12.5 Å². The molecular weight excluding hydrogens is 305 g/mol. The molecule has 0 saturated heterocycles. The average Bonchev–Trinajstić information content (AvgIpc) is 2.54. The van der Waals surface area contributed by atoms with E-state index in [1.54, 1.807) is 24.3 Å². The standard InChI is InChI=1S/C15H14FN3O2S/c16-11-3-1-10(2-4-11)15(21)18-9-14(20)19-12-5-7-13(22-17)8-6-12/h1-8H,9,17H2,(H,18,21)(H,19,20). The van der Waals surface area contributed by atoms with E-state index in [1.165, 1.54) is 24.3 Å². The Bertz CT molecular complexity index is 659. The molecule has 5 nitrogen and oxygen atoms in total. The van der Waals surface area contributed by atoms with Crippen LogP contribution in [0, 0.1) is 5.82 Å². The summed E-state index contributed by atoms with van der Waals surface area (Å²) in [6, 6.07) is 12.1. The molecule has 7 heteroatoms. The second-order valence-electron chi connectivity index (χ2n) is 4.38. The Kier molecular flexibility index (Phi) is 5.51. The van der Waals surface area contributed by atoms with E-state index >= 15 is 0 Å². The minimum absolute atomic E-state index is 0.177. The van der Waals surface area contributed by atoms with Crippen molar-refractivity contribution >= 4 is 29.4 Å². The molecule has 0 unspecified atom stereocenters. The Labute approximate surface area is 131 Å². The first kappa shape index (κ1) is 16.0. The molecule has 0 saturated carbocycles. The number of nitrogens with one attached hydrogen (secondary N) is 2. The van der Waals surface area contributed by atoms with Gasteiger partial charge in [-0.1, -0.05) is 0 Å². The van der Waals surface area contributed by atoms with Gasteiger partial charge in [-0.3, -0.25) is 14.7 Å². The normalized spacial score (nSPS) is 10.1. The minimum atomic E-state index is -0.440. The summed E-state index contributed by atoms with van der Waals surface area (Å²) in [7, 11) is 0. The van der Waals surface area contributed by atoms with Crippen LogP contribution in [0.2, 0.25) is 0 Å². The Hall–Kier alpha value is -2.38. The summed E-state index contributed by atoms with van der Waals surface area (Å²) in [6.07, 6.45) is 0. The van der Waals surface area contributed by atoms with Gasteiger partial charge in [0.1, 0.15) is 5.82 Å². The zero-order chi connectivity index (χ0) is 15.9. The van der Waals surface area contributed by atoms with Gasteiger partial charge in [-0.15, -0.1) is 0 Å². The van der Waals surface area contributed by atoms with Gasteiger partial charge in [-0.05, 0) is 60.5 Å². The van der Waals surface area contributed by atoms with Gasteiger partial charge in [0.15, 0.2) is 0 Å². The quantitative estimate of drug-likeness (QED) is 0.737. The SMILES string of the molecule is NSc1ccc(NC(=O)CNC(=O)c2ccc(F)cc2)cc1. The topological polar surface area (TPSA) is 84.2 Å². The third-order valence-electron chi connectivity index (χ3n) is 2.79. The highest BCUT2D eigenvalue weighted by molar-refractivity contribution is 7.97. The molecule has 2 aromatic rings. The van der Waals surface area contributed by atoms with Gasteiger partial charge < -0.3 is 10.6 Å². The Morgan fingerprint density at radius 2 is 1.68 bits per heavy atom. The van der Waals surface area contributed by atoms with Crippen LogP contribution in [0.3, 0.4) is 0 Å². The van der Waals surface area contributed by atoms with Gasteiger partial charge in [-0.2, -0.15) is 0 Å². The Morgan fingerprint density at radius 1 is 1.05 bits per heavy atom. The highest BCUT2D eigenvalue weighted by atomic mass is 32.2. The molecule has 0 aliphatic rings. The van der Waals surface area contributed by atoms with Crippen molar-refractivity contribution in [3.8, 4) is 0 Å². The largest absolute Gasteiger partial charge is 0.343 e. The van der Waals surface area contributed by atoms with Gasteiger partial charge in [0.25, 0.3) is 5.91 Å². The molecule has 22 heavy (non-hydrogen) atoms. The zero-order valence-corrected chi connectivity index (χ0v) is 12.3. The van der Waals surface area contributed by atoms with Crippen molar-refractivity contribution in [2.24, 2.45) is 5.14 Å². The van der Waals surface area contributed by atoms with Crippen molar-refractivity contribution in [3.63, 3.8) is 0 Å². The lowest BCUT2D eigenvalue weighted by Gasteiger charge is -2.07. The van der Waals surface area contributed by atoms with E-state index in [9.17, 15) is 14.0 Å². The summed E-state index contributed by atoms with van der Waals surface area (Å²) in [6.45, 7) is -0.177. The van der Waals surface area contributed by atoms with Crippen molar-refractivity contribution in [2.45, 2.75) is 4.90 Å². The number of halogens is 1. The second-order valence-corrected chi connectivity index (χ2v) is 5.09. The molecule has 0 atom stereocenters. The highest BCUT2D eigenvalue weighted by Gasteiger charge is 2.08. The lowest BCUT2D eigenvalue weighted by atomic mass is 10.2. The highest BCUT2D eigenvalue weighted by Crippen LogP contribution is 2.15. The van der Waals surface area contributed by atoms with Crippen LogP contribution in [-0.4, -0.2) is 18.4 Å². The molecule has 4 N–H and O–H groups in total. The molecular formula is C15H14FN3O2S. The predicted molar refractivity (Wildman–Crippen MR) is 83.8 cm³/mol. The van der Waals surface area contributed by atoms with Crippen LogP contribution in [0.15, 0.2) is 53.4 Å². The van der Waals surface area contributed by atoms with E-state index < -0.39 is 11.7 Å². The summed E-state index contributed by atoms with van der Waals surface area (Å²) in [5.41, 5.74) is 0.900. The fourth-order valence-corrected chi connectivity index (χ4v) is 1.98. The van der Waals surface area contributed by atoms with E-state index in [4.69, 9.17) is 5.14 Å². The number of nitrogens with two attached hydrogens (primary N) is 1. The minimum Gasteiger partial charge on any atom is -0.343 e. The third-order valence-corrected chi connectivity index (χ3v) is 3.33. The Morgan fingerprint density at radius 3 is 2.27 bits per heavy atom. The molecule has 0 fully saturated rings. The van der Waals surface area contributed by atoms with Crippen LogP contribution in [0.25, 0.3) is 0 Å².